The highest BCUT2D eigenvalue weighted by molar-refractivity contribution is 5.75. The lowest BCUT2D eigenvalue weighted by Crippen LogP contribution is -2.63. The molecule has 2 fully saturated rings. The summed E-state index contributed by atoms with van der Waals surface area (Å²) in [6, 6.07) is 36.1. The zero-order valence-corrected chi connectivity index (χ0v) is 33.1. The molecule has 7 rings (SSSR count). The van der Waals surface area contributed by atoms with Gasteiger partial charge in [0.15, 0.2) is 30.8 Å². The molecule has 0 N–H and O–H groups in total. The van der Waals surface area contributed by atoms with Crippen LogP contribution in [0.3, 0.4) is 0 Å². The van der Waals surface area contributed by atoms with Crippen LogP contribution < -0.4 is 0 Å². The minimum Gasteiger partial charge on any atom is -0.456 e. The molecule has 4 aromatic carbocycles. The van der Waals surface area contributed by atoms with Gasteiger partial charge >= 0.3 is 17.9 Å². The number of rotatable bonds is 17. The first-order chi connectivity index (χ1) is 28.7. The van der Waals surface area contributed by atoms with Crippen LogP contribution in [0, 0.1) is 0 Å². The molecule has 0 spiro atoms. The van der Waals surface area contributed by atoms with Crippen LogP contribution in [0.4, 0.5) is 0 Å². The average Bonchev–Trinajstić information content (AvgIpc) is 3.80. The van der Waals surface area contributed by atoms with Gasteiger partial charge in [0.1, 0.15) is 24.4 Å². The van der Waals surface area contributed by atoms with Crippen LogP contribution in [0.5, 0.6) is 0 Å². The van der Waals surface area contributed by atoms with Crippen molar-refractivity contribution in [2.75, 3.05) is 13.2 Å². The van der Waals surface area contributed by atoms with Crippen molar-refractivity contribution in [3.63, 3.8) is 0 Å². The molecular weight excluding hydrogens is 760 g/mol. The maximum absolute atomic E-state index is 12.9. The molecule has 1 aromatic heterocycles. The fourth-order valence-electron chi connectivity index (χ4n) is 7.34. The molecule has 2 aliphatic rings. The Kier molecular flexibility index (Phi) is 14.1. The standard InChI is InChI=1S/C45H48N2O12/c1-29(48)54-39-38(27-52-24-33-17-9-5-10-18-33)58-45(43(41(39)55-30(2)49)53-25-34-19-11-6-12-20-34)59-40-37(26-51-23-32-15-7-4-8-16-32)57-44(42(40)56-31(3)50)47-28-46-35-21-13-14-22-36(35)47/h4-22,28,37-45H,23-27H2,1-3H3/t37-,38-,39-,40-,41+,42-,43-,44-,45-/m1/s1. The number of para-hydroxylation sites is 2. The highest BCUT2D eigenvalue weighted by atomic mass is 16.8. The van der Waals surface area contributed by atoms with E-state index in [2.05, 4.69) is 4.98 Å². The Balaban J connectivity index is 1.25. The highest BCUT2D eigenvalue weighted by Gasteiger charge is 2.56. The summed E-state index contributed by atoms with van der Waals surface area (Å²) in [5.74, 6) is -1.85. The second-order valence-electron chi connectivity index (χ2n) is 14.3. The van der Waals surface area contributed by atoms with E-state index in [0.717, 1.165) is 22.2 Å². The summed E-state index contributed by atoms with van der Waals surface area (Å²) in [4.78, 5) is 42.9. The van der Waals surface area contributed by atoms with Gasteiger partial charge in [-0.3, -0.25) is 14.4 Å². The van der Waals surface area contributed by atoms with Crippen molar-refractivity contribution in [2.45, 2.75) is 95.8 Å². The Morgan fingerprint density at radius 2 is 1.05 bits per heavy atom. The molecule has 0 saturated carbocycles. The van der Waals surface area contributed by atoms with E-state index in [4.69, 9.17) is 42.6 Å². The van der Waals surface area contributed by atoms with E-state index in [1.54, 1.807) is 10.9 Å². The molecule has 9 atom stereocenters. The van der Waals surface area contributed by atoms with Gasteiger partial charge in [0.25, 0.3) is 0 Å². The number of benzene rings is 4. The molecular formula is C45H48N2O12. The number of hydrogen-bond acceptors (Lipinski definition) is 13. The second-order valence-corrected chi connectivity index (χ2v) is 14.3. The van der Waals surface area contributed by atoms with Gasteiger partial charge in [-0.05, 0) is 28.8 Å². The molecule has 59 heavy (non-hydrogen) atoms. The van der Waals surface area contributed by atoms with Gasteiger partial charge in [-0.2, -0.15) is 0 Å². The fraction of sp³-hybridized carbons (Fsp3) is 0.378. The zero-order valence-electron chi connectivity index (χ0n) is 33.1. The van der Waals surface area contributed by atoms with Crippen LogP contribution in [0.1, 0.15) is 43.7 Å². The maximum Gasteiger partial charge on any atom is 0.303 e. The van der Waals surface area contributed by atoms with Crippen LogP contribution in [0.2, 0.25) is 0 Å². The van der Waals surface area contributed by atoms with E-state index in [-0.39, 0.29) is 33.0 Å². The number of carbonyl (C=O) groups is 3. The van der Waals surface area contributed by atoms with Crippen LogP contribution in [-0.4, -0.2) is 89.7 Å². The number of hydrogen-bond donors (Lipinski definition) is 0. The topological polar surface area (TPSA) is 152 Å². The smallest absolute Gasteiger partial charge is 0.303 e. The van der Waals surface area contributed by atoms with Gasteiger partial charge in [-0.15, -0.1) is 0 Å². The molecule has 2 aliphatic heterocycles. The molecule has 14 nitrogen and oxygen atoms in total. The molecule has 5 aromatic rings. The van der Waals surface area contributed by atoms with Crippen LogP contribution in [-0.2, 0) is 76.8 Å². The first kappa shape index (κ1) is 41.7. The summed E-state index contributed by atoms with van der Waals surface area (Å²) in [7, 11) is 0. The Hall–Kier alpha value is -5.48. The quantitative estimate of drug-likeness (QED) is 0.0816. The third-order valence-corrected chi connectivity index (χ3v) is 9.90. The number of nitrogens with zero attached hydrogens (tertiary/aromatic N) is 2. The average molecular weight is 809 g/mol. The van der Waals surface area contributed by atoms with Crippen LogP contribution >= 0.6 is 0 Å². The monoisotopic (exact) mass is 808 g/mol. The Morgan fingerprint density at radius 1 is 0.559 bits per heavy atom. The summed E-state index contributed by atoms with van der Waals surface area (Å²) < 4.78 is 58.8. The lowest BCUT2D eigenvalue weighted by atomic mass is 9.97. The van der Waals surface area contributed by atoms with Crippen molar-refractivity contribution in [2.24, 2.45) is 0 Å². The first-order valence-electron chi connectivity index (χ1n) is 19.5. The Labute approximate surface area is 342 Å². The molecule has 0 aliphatic carbocycles. The summed E-state index contributed by atoms with van der Waals surface area (Å²) >= 11 is 0. The van der Waals surface area contributed by atoms with E-state index in [9.17, 15) is 14.4 Å². The van der Waals surface area contributed by atoms with Crippen molar-refractivity contribution in [3.8, 4) is 0 Å². The Morgan fingerprint density at radius 3 is 1.63 bits per heavy atom. The third kappa shape index (κ3) is 10.8. The van der Waals surface area contributed by atoms with Gasteiger partial charge in [0.05, 0.1) is 50.4 Å². The predicted octanol–water partition coefficient (Wildman–Crippen LogP) is 5.86. The number of fused-ring (bicyclic) bond motifs is 1. The number of esters is 3. The summed E-state index contributed by atoms with van der Waals surface area (Å²) in [5, 5.41) is 0. The summed E-state index contributed by atoms with van der Waals surface area (Å²) in [6.07, 6.45) is -8.10. The van der Waals surface area contributed by atoms with E-state index in [1.807, 2.05) is 115 Å². The third-order valence-electron chi connectivity index (χ3n) is 9.90. The molecule has 14 heteroatoms. The zero-order chi connectivity index (χ0) is 41.1. The van der Waals surface area contributed by atoms with Crippen LogP contribution in [0.15, 0.2) is 122 Å². The van der Waals surface area contributed by atoms with Gasteiger partial charge in [0.2, 0.25) is 0 Å². The van der Waals surface area contributed by atoms with Gasteiger partial charge < -0.3 is 47.2 Å². The largest absolute Gasteiger partial charge is 0.456 e. The molecule has 2 saturated heterocycles. The van der Waals surface area contributed by atoms with E-state index in [1.165, 1.54) is 20.8 Å². The second kappa shape index (κ2) is 20.0. The molecule has 0 amide bonds. The number of aromatic nitrogens is 2. The molecule has 0 radical (unpaired) electrons. The summed E-state index contributed by atoms with van der Waals surface area (Å²) in [5.41, 5.74) is 4.12. The predicted molar refractivity (Wildman–Crippen MR) is 211 cm³/mol. The van der Waals surface area contributed by atoms with Gasteiger partial charge in [0, 0.05) is 20.8 Å². The van der Waals surface area contributed by atoms with E-state index >= 15 is 0 Å². The minimum atomic E-state index is -1.32. The van der Waals surface area contributed by atoms with Gasteiger partial charge in [-0.1, -0.05) is 103 Å². The van der Waals surface area contributed by atoms with E-state index < -0.39 is 73.2 Å². The SMILES string of the molecule is CC(=O)O[C@@H]1[C@@H](OCc2ccccc2)[C@@H](O[C@H]2[C@@H](OC(C)=O)[C@H](n3cnc4ccccc43)O[C@@H]2COCc2ccccc2)O[C@H](COCc2ccccc2)[C@H]1OC(C)=O. The normalized spacial score (nSPS) is 25.4. The summed E-state index contributed by atoms with van der Waals surface area (Å²) in [6.45, 7) is 4.30. The van der Waals surface area contributed by atoms with Gasteiger partial charge in [-0.25, -0.2) is 4.98 Å². The lowest BCUT2D eigenvalue weighted by molar-refractivity contribution is -0.331. The highest BCUT2D eigenvalue weighted by Crippen LogP contribution is 2.39. The minimum absolute atomic E-state index is 0.0236. The van der Waals surface area contributed by atoms with Crippen molar-refractivity contribution >= 4 is 28.9 Å². The first-order valence-corrected chi connectivity index (χ1v) is 19.5. The molecule has 3 heterocycles. The maximum atomic E-state index is 12.9. The van der Waals surface area contributed by atoms with Crippen molar-refractivity contribution in [1.82, 2.24) is 9.55 Å². The number of ether oxygens (including phenoxy) is 9. The molecule has 0 bridgehead atoms. The van der Waals surface area contributed by atoms with Crippen molar-refractivity contribution in [1.29, 1.82) is 0 Å². The molecule has 310 valence electrons. The molecule has 0 unspecified atom stereocenters. The Bertz CT molecular complexity index is 2120. The number of imidazole rings is 1. The lowest BCUT2D eigenvalue weighted by Gasteiger charge is -2.45. The van der Waals surface area contributed by atoms with E-state index in [0.29, 0.717) is 5.52 Å². The number of carbonyl (C=O) groups excluding carboxylic acids is 3. The van der Waals surface area contributed by atoms with Crippen LogP contribution in [0.25, 0.3) is 11.0 Å². The van der Waals surface area contributed by atoms with Crippen molar-refractivity contribution < 1.29 is 57.0 Å². The fourth-order valence-corrected chi connectivity index (χ4v) is 7.34. The van der Waals surface area contributed by atoms with Crippen molar-refractivity contribution in [3.05, 3.63) is 138 Å².